The lowest BCUT2D eigenvalue weighted by Gasteiger charge is -2.05. The number of fused-ring (bicyclic) bond motifs is 1. The van der Waals surface area contributed by atoms with Crippen molar-refractivity contribution in [2.75, 3.05) is 7.11 Å². The quantitative estimate of drug-likeness (QED) is 0.531. The number of carbonyl (C=O) groups is 1. The van der Waals surface area contributed by atoms with Gasteiger partial charge in [0.05, 0.1) is 30.6 Å². The number of benzene rings is 2. The van der Waals surface area contributed by atoms with Gasteiger partial charge in [0.15, 0.2) is 11.5 Å². The molecule has 1 aromatic heterocycles. The highest BCUT2D eigenvalue weighted by Gasteiger charge is 2.07. The van der Waals surface area contributed by atoms with Crippen LogP contribution in [-0.2, 0) is 11.3 Å². The average Bonchev–Trinajstić information content (AvgIpc) is 2.65. The van der Waals surface area contributed by atoms with Gasteiger partial charge in [0.25, 0.3) is 11.5 Å². The number of nitrogens with zero attached hydrogens (tertiary/aromatic N) is 3. The average molecular weight is 352 g/mol. The van der Waals surface area contributed by atoms with Gasteiger partial charge in [-0.1, -0.05) is 12.1 Å². The van der Waals surface area contributed by atoms with Crippen molar-refractivity contribution in [3.8, 4) is 11.5 Å². The summed E-state index contributed by atoms with van der Waals surface area (Å²) in [6, 6.07) is 11.6. The van der Waals surface area contributed by atoms with E-state index in [1.165, 1.54) is 30.3 Å². The van der Waals surface area contributed by atoms with Crippen LogP contribution >= 0.6 is 0 Å². The fourth-order valence-electron chi connectivity index (χ4n) is 2.36. The van der Waals surface area contributed by atoms with Gasteiger partial charge in [-0.05, 0) is 35.9 Å². The summed E-state index contributed by atoms with van der Waals surface area (Å²) in [7, 11) is 1.44. The fraction of sp³-hybridized carbons (Fsp3) is 0.111. The van der Waals surface area contributed by atoms with Crippen LogP contribution in [0, 0.1) is 0 Å². The summed E-state index contributed by atoms with van der Waals surface area (Å²) in [4.78, 5) is 28.5. The van der Waals surface area contributed by atoms with Gasteiger partial charge in [0, 0.05) is 0 Å². The normalized spacial score (nSPS) is 11.0. The summed E-state index contributed by atoms with van der Waals surface area (Å²) < 4.78 is 6.22. The smallest absolute Gasteiger partial charge is 0.261 e. The number of hydrogen-bond donors (Lipinski definition) is 2. The molecule has 0 aliphatic rings. The third-order valence-corrected chi connectivity index (χ3v) is 3.65. The molecule has 0 aliphatic carbocycles. The van der Waals surface area contributed by atoms with Crippen LogP contribution < -0.4 is 15.7 Å². The van der Waals surface area contributed by atoms with Crippen LogP contribution in [0.25, 0.3) is 10.9 Å². The van der Waals surface area contributed by atoms with Gasteiger partial charge in [0.1, 0.15) is 6.54 Å². The molecule has 0 saturated carbocycles. The molecule has 0 unspecified atom stereocenters. The van der Waals surface area contributed by atoms with Crippen molar-refractivity contribution in [3.05, 3.63) is 64.7 Å². The number of phenols is 1. The van der Waals surface area contributed by atoms with Crippen LogP contribution in [0.4, 0.5) is 0 Å². The number of para-hydroxylation sites is 1. The molecule has 0 atom stereocenters. The molecule has 3 rings (SSSR count). The van der Waals surface area contributed by atoms with Crippen molar-refractivity contribution in [1.29, 1.82) is 0 Å². The maximum absolute atomic E-state index is 12.3. The minimum atomic E-state index is -0.467. The van der Waals surface area contributed by atoms with Gasteiger partial charge in [-0.2, -0.15) is 5.10 Å². The number of phenolic OH excluding ortho intramolecular Hbond substituents is 1. The van der Waals surface area contributed by atoms with Crippen LogP contribution in [-0.4, -0.2) is 33.9 Å². The molecule has 0 saturated heterocycles. The van der Waals surface area contributed by atoms with Crippen molar-refractivity contribution in [1.82, 2.24) is 15.0 Å². The number of hydrogen-bond acceptors (Lipinski definition) is 6. The van der Waals surface area contributed by atoms with Crippen LogP contribution in [0.2, 0.25) is 0 Å². The number of nitrogens with one attached hydrogen (secondary N) is 1. The van der Waals surface area contributed by atoms with E-state index in [2.05, 4.69) is 15.5 Å². The number of rotatable bonds is 5. The predicted octanol–water partition coefficient (Wildman–Crippen LogP) is 1.26. The van der Waals surface area contributed by atoms with E-state index in [0.29, 0.717) is 22.2 Å². The molecule has 0 fully saturated rings. The lowest BCUT2D eigenvalue weighted by Crippen LogP contribution is -2.30. The van der Waals surface area contributed by atoms with Gasteiger partial charge in [-0.15, -0.1) is 0 Å². The van der Waals surface area contributed by atoms with Crippen molar-refractivity contribution in [2.45, 2.75) is 6.54 Å². The predicted molar refractivity (Wildman–Crippen MR) is 96.4 cm³/mol. The molecular weight excluding hydrogens is 336 g/mol. The summed E-state index contributed by atoms with van der Waals surface area (Å²) >= 11 is 0. The van der Waals surface area contributed by atoms with Crippen molar-refractivity contribution in [2.24, 2.45) is 5.10 Å². The Morgan fingerprint density at radius 1 is 1.35 bits per heavy atom. The minimum Gasteiger partial charge on any atom is -0.504 e. The number of amides is 1. The Balaban J connectivity index is 1.68. The SMILES string of the molecule is COc1cc(/C=N\NC(=O)Cn2cnc3ccccc3c2=O)ccc1O. The Morgan fingerprint density at radius 2 is 2.15 bits per heavy atom. The molecule has 1 amide bonds. The second-order valence-electron chi connectivity index (χ2n) is 5.42. The summed E-state index contributed by atoms with van der Waals surface area (Å²) in [5.41, 5.74) is 3.26. The Bertz CT molecular complexity index is 1040. The monoisotopic (exact) mass is 352 g/mol. The third kappa shape index (κ3) is 3.69. The zero-order valence-corrected chi connectivity index (χ0v) is 13.9. The maximum atomic E-state index is 12.3. The molecule has 1 heterocycles. The summed E-state index contributed by atoms with van der Waals surface area (Å²) in [6.07, 6.45) is 2.74. The number of hydrazone groups is 1. The first kappa shape index (κ1) is 17.2. The zero-order valence-electron chi connectivity index (χ0n) is 13.9. The van der Waals surface area contributed by atoms with Gasteiger partial charge >= 0.3 is 0 Å². The number of aromatic hydroxyl groups is 1. The van der Waals surface area contributed by atoms with Crippen LogP contribution in [0.5, 0.6) is 11.5 Å². The molecule has 2 aromatic carbocycles. The van der Waals surface area contributed by atoms with E-state index in [0.717, 1.165) is 0 Å². The van der Waals surface area contributed by atoms with Crippen molar-refractivity contribution < 1.29 is 14.6 Å². The second kappa shape index (κ2) is 7.47. The molecule has 0 aliphatic heterocycles. The van der Waals surface area contributed by atoms with Crippen molar-refractivity contribution in [3.63, 3.8) is 0 Å². The second-order valence-corrected chi connectivity index (χ2v) is 5.42. The van der Waals surface area contributed by atoms with Crippen LogP contribution in [0.1, 0.15) is 5.56 Å². The maximum Gasteiger partial charge on any atom is 0.261 e. The standard InChI is InChI=1S/C18H16N4O4/c1-26-16-8-12(6-7-15(16)23)9-20-21-17(24)10-22-11-19-14-5-3-2-4-13(14)18(22)25/h2-9,11,23H,10H2,1H3,(H,21,24)/b20-9-. The molecule has 8 heteroatoms. The Hall–Kier alpha value is -3.68. The zero-order chi connectivity index (χ0) is 18.5. The summed E-state index contributed by atoms with van der Waals surface area (Å²) in [5, 5.41) is 13.8. The first-order chi connectivity index (χ1) is 12.6. The Kier molecular flexibility index (Phi) is 4.93. The highest BCUT2D eigenvalue weighted by Crippen LogP contribution is 2.25. The van der Waals surface area contributed by atoms with E-state index in [-0.39, 0.29) is 17.9 Å². The van der Waals surface area contributed by atoms with Gasteiger partial charge in [-0.3, -0.25) is 14.2 Å². The van der Waals surface area contributed by atoms with E-state index < -0.39 is 5.91 Å². The van der Waals surface area contributed by atoms with E-state index >= 15 is 0 Å². The van der Waals surface area contributed by atoms with E-state index in [9.17, 15) is 14.7 Å². The van der Waals surface area contributed by atoms with E-state index in [1.54, 1.807) is 36.4 Å². The topological polar surface area (TPSA) is 106 Å². The largest absolute Gasteiger partial charge is 0.504 e. The molecule has 3 aromatic rings. The minimum absolute atomic E-state index is 0.0110. The molecule has 8 nitrogen and oxygen atoms in total. The number of methoxy groups -OCH3 is 1. The third-order valence-electron chi connectivity index (χ3n) is 3.65. The highest BCUT2D eigenvalue weighted by atomic mass is 16.5. The van der Waals surface area contributed by atoms with Crippen molar-refractivity contribution >= 4 is 23.0 Å². The van der Waals surface area contributed by atoms with Crippen LogP contribution in [0.15, 0.2) is 58.7 Å². The number of carbonyl (C=O) groups excluding carboxylic acids is 1. The summed E-state index contributed by atoms with van der Waals surface area (Å²) in [6.45, 7) is -0.201. The molecule has 0 radical (unpaired) electrons. The fourth-order valence-corrected chi connectivity index (χ4v) is 2.36. The Morgan fingerprint density at radius 3 is 2.96 bits per heavy atom. The number of ether oxygens (including phenoxy) is 1. The number of aromatic nitrogens is 2. The van der Waals surface area contributed by atoms with E-state index in [1.807, 2.05) is 0 Å². The first-order valence-corrected chi connectivity index (χ1v) is 7.71. The van der Waals surface area contributed by atoms with Gasteiger partial charge in [0.2, 0.25) is 0 Å². The molecule has 26 heavy (non-hydrogen) atoms. The lowest BCUT2D eigenvalue weighted by molar-refractivity contribution is -0.121. The van der Waals surface area contributed by atoms with Gasteiger partial charge < -0.3 is 9.84 Å². The van der Waals surface area contributed by atoms with Gasteiger partial charge in [-0.25, -0.2) is 10.4 Å². The molecule has 0 bridgehead atoms. The lowest BCUT2D eigenvalue weighted by atomic mass is 10.2. The molecule has 132 valence electrons. The summed E-state index contributed by atoms with van der Waals surface area (Å²) in [5.74, 6) is -0.155. The van der Waals surface area contributed by atoms with E-state index in [4.69, 9.17) is 4.74 Å². The highest BCUT2D eigenvalue weighted by molar-refractivity contribution is 5.83. The molecule has 2 N–H and O–H groups in total. The Labute approximate surface area is 148 Å². The molecular formula is C18H16N4O4. The molecule has 0 spiro atoms. The van der Waals surface area contributed by atoms with Crippen LogP contribution in [0.3, 0.4) is 0 Å². The first-order valence-electron chi connectivity index (χ1n) is 7.71.